The zero-order valence-corrected chi connectivity index (χ0v) is 15.0. The van der Waals surface area contributed by atoms with E-state index in [1.807, 2.05) is 6.07 Å². The second kappa shape index (κ2) is 9.21. The molecule has 5 nitrogen and oxygen atoms in total. The Kier molecular flexibility index (Phi) is 6.97. The van der Waals surface area contributed by atoms with Gasteiger partial charge in [-0.25, -0.2) is 9.78 Å². The Bertz CT molecular complexity index is 687. The van der Waals surface area contributed by atoms with Gasteiger partial charge in [-0.05, 0) is 30.4 Å². The predicted octanol–water partition coefficient (Wildman–Crippen LogP) is 3.74. The minimum absolute atomic E-state index is 0.281. The SMILES string of the molecule is CCCCCCNc1ncn(-c2c(CC)cccc2CC)c(=O)n1. The van der Waals surface area contributed by atoms with Gasteiger partial charge in [0, 0.05) is 6.54 Å². The molecule has 0 saturated heterocycles. The molecule has 0 bridgehead atoms. The fourth-order valence-corrected chi connectivity index (χ4v) is 2.85. The first-order chi connectivity index (χ1) is 11.7. The lowest BCUT2D eigenvalue weighted by atomic mass is 10.0. The normalized spacial score (nSPS) is 10.8. The van der Waals surface area contributed by atoms with Crippen molar-refractivity contribution in [3.05, 3.63) is 46.1 Å². The van der Waals surface area contributed by atoms with Gasteiger partial charge in [0.15, 0.2) is 0 Å². The van der Waals surface area contributed by atoms with Gasteiger partial charge in [0.2, 0.25) is 5.95 Å². The summed E-state index contributed by atoms with van der Waals surface area (Å²) in [5.41, 5.74) is 2.93. The molecule has 1 heterocycles. The summed E-state index contributed by atoms with van der Waals surface area (Å²) in [5.74, 6) is 0.416. The van der Waals surface area contributed by atoms with Gasteiger partial charge in [-0.15, -0.1) is 0 Å². The molecule has 0 spiro atoms. The highest BCUT2D eigenvalue weighted by Gasteiger charge is 2.11. The number of hydrogen-bond donors (Lipinski definition) is 1. The van der Waals surface area contributed by atoms with Crippen LogP contribution in [-0.4, -0.2) is 21.1 Å². The summed E-state index contributed by atoms with van der Waals surface area (Å²) >= 11 is 0. The molecule has 0 amide bonds. The fourth-order valence-electron chi connectivity index (χ4n) is 2.85. The molecule has 0 aliphatic heterocycles. The van der Waals surface area contributed by atoms with Gasteiger partial charge in [-0.3, -0.25) is 4.57 Å². The largest absolute Gasteiger partial charge is 0.356 e. The molecule has 0 radical (unpaired) electrons. The molecule has 1 aromatic heterocycles. The molecule has 0 unspecified atom stereocenters. The monoisotopic (exact) mass is 328 g/mol. The summed E-state index contributed by atoms with van der Waals surface area (Å²) < 4.78 is 1.57. The van der Waals surface area contributed by atoms with E-state index < -0.39 is 0 Å². The second-order valence-corrected chi connectivity index (χ2v) is 5.95. The molecule has 1 aromatic carbocycles. The number of benzene rings is 1. The molecular weight excluding hydrogens is 300 g/mol. The van der Waals surface area contributed by atoms with E-state index in [1.165, 1.54) is 19.3 Å². The summed E-state index contributed by atoms with van der Waals surface area (Å²) in [6.07, 6.45) is 8.03. The number of aromatic nitrogens is 3. The number of nitrogens with one attached hydrogen (secondary N) is 1. The Morgan fingerprint density at radius 2 is 1.75 bits per heavy atom. The van der Waals surface area contributed by atoms with E-state index in [-0.39, 0.29) is 5.69 Å². The van der Waals surface area contributed by atoms with E-state index in [9.17, 15) is 4.79 Å². The maximum Gasteiger partial charge on any atom is 0.356 e. The van der Waals surface area contributed by atoms with Crippen LogP contribution in [0.1, 0.15) is 57.6 Å². The molecule has 0 atom stereocenters. The van der Waals surface area contributed by atoms with E-state index in [2.05, 4.69) is 48.2 Å². The fraction of sp³-hybridized carbons (Fsp3) is 0.526. The third-order valence-electron chi connectivity index (χ3n) is 4.22. The maximum absolute atomic E-state index is 12.5. The zero-order chi connectivity index (χ0) is 17.4. The van der Waals surface area contributed by atoms with Crippen molar-refractivity contribution < 1.29 is 0 Å². The number of nitrogens with zero attached hydrogens (tertiary/aromatic N) is 3. The third-order valence-corrected chi connectivity index (χ3v) is 4.22. The van der Waals surface area contributed by atoms with Crippen LogP contribution in [0.4, 0.5) is 5.95 Å². The van der Waals surface area contributed by atoms with Crippen molar-refractivity contribution in [1.29, 1.82) is 0 Å². The van der Waals surface area contributed by atoms with E-state index >= 15 is 0 Å². The van der Waals surface area contributed by atoms with Crippen molar-refractivity contribution in [3.63, 3.8) is 0 Å². The van der Waals surface area contributed by atoms with Crippen molar-refractivity contribution in [2.45, 2.75) is 59.3 Å². The summed E-state index contributed by atoms with van der Waals surface area (Å²) in [5, 5.41) is 3.14. The smallest absolute Gasteiger partial charge is 0.354 e. The van der Waals surface area contributed by atoms with E-state index in [0.717, 1.165) is 42.6 Å². The van der Waals surface area contributed by atoms with Gasteiger partial charge in [0.05, 0.1) is 5.69 Å². The van der Waals surface area contributed by atoms with Crippen LogP contribution in [0.3, 0.4) is 0 Å². The molecule has 0 aliphatic rings. The Morgan fingerprint density at radius 1 is 1.04 bits per heavy atom. The minimum Gasteiger partial charge on any atom is -0.354 e. The lowest BCUT2D eigenvalue weighted by Gasteiger charge is -2.14. The third kappa shape index (κ3) is 4.43. The lowest BCUT2D eigenvalue weighted by Crippen LogP contribution is -2.25. The summed E-state index contributed by atoms with van der Waals surface area (Å²) in [6, 6.07) is 6.15. The van der Waals surface area contributed by atoms with Gasteiger partial charge < -0.3 is 5.32 Å². The average Bonchev–Trinajstić information content (AvgIpc) is 2.61. The summed E-state index contributed by atoms with van der Waals surface area (Å²) in [6.45, 7) is 7.18. The Morgan fingerprint density at radius 3 is 2.33 bits per heavy atom. The second-order valence-electron chi connectivity index (χ2n) is 5.95. The quantitative estimate of drug-likeness (QED) is 0.712. The average molecular weight is 328 g/mol. The van der Waals surface area contributed by atoms with E-state index in [4.69, 9.17) is 0 Å². The molecular formula is C19H28N4O. The standard InChI is InChI=1S/C19H28N4O/c1-4-7-8-9-13-20-18-21-14-23(19(24)22-18)17-15(5-2)11-10-12-16(17)6-3/h10-12,14H,4-9,13H2,1-3H3,(H,20,22,24). The van der Waals surface area contributed by atoms with Crippen molar-refractivity contribution in [1.82, 2.24) is 14.5 Å². The molecule has 24 heavy (non-hydrogen) atoms. The van der Waals surface area contributed by atoms with Gasteiger partial charge in [0.1, 0.15) is 6.33 Å². The molecule has 2 aromatic rings. The maximum atomic E-state index is 12.5. The van der Waals surface area contributed by atoms with Crippen LogP contribution < -0.4 is 11.0 Å². The molecule has 5 heteroatoms. The topological polar surface area (TPSA) is 59.8 Å². The number of unbranched alkanes of at least 4 members (excludes halogenated alkanes) is 3. The van der Waals surface area contributed by atoms with Crippen molar-refractivity contribution in [2.24, 2.45) is 0 Å². The highest BCUT2D eigenvalue weighted by Crippen LogP contribution is 2.19. The first kappa shape index (κ1) is 18.2. The molecule has 2 rings (SSSR count). The molecule has 130 valence electrons. The highest BCUT2D eigenvalue weighted by atomic mass is 16.1. The lowest BCUT2D eigenvalue weighted by molar-refractivity contribution is 0.682. The first-order valence-corrected chi connectivity index (χ1v) is 9.01. The van der Waals surface area contributed by atoms with Gasteiger partial charge in [0.25, 0.3) is 0 Å². The number of para-hydroxylation sites is 1. The molecule has 0 fully saturated rings. The Hall–Kier alpha value is -2.17. The van der Waals surface area contributed by atoms with Gasteiger partial charge in [-0.1, -0.05) is 58.2 Å². The van der Waals surface area contributed by atoms with Crippen molar-refractivity contribution in [3.8, 4) is 5.69 Å². The molecule has 1 N–H and O–H groups in total. The van der Waals surface area contributed by atoms with Crippen LogP contribution in [-0.2, 0) is 12.8 Å². The van der Waals surface area contributed by atoms with Crippen LogP contribution in [0.2, 0.25) is 0 Å². The van der Waals surface area contributed by atoms with Crippen LogP contribution in [0.15, 0.2) is 29.3 Å². The number of rotatable bonds is 9. The summed E-state index contributed by atoms with van der Waals surface area (Å²) in [4.78, 5) is 20.9. The number of anilines is 1. The van der Waals surface area contributed by atoms with E-state index in [1.54, 1.807) is 10.9 Å². The first-order valence-electron chi connectivity index (χ1n) is 9.01. The van der Waals surface area contributed by atoms with Crippen LogP contribution in [0, 0.1) is 0 Å². The summed E-state index contributed by atoms with van der Waals surface area (Å²) in [7, 11) is 0. The zero-order valence-electron chi connectivity index (χ0n) is 15.0. The predicted molar refractivity (Wildman–Crippen MR) is 99.0 cm³/mol. The Balaban J connectivity index is 2.20. The highest BCUT2D eigenvalue weighted by molar-refractivity contribution is 5.48. The van der Waals surface area contributed by atoms with Crippen LogP contribution in [0.25, 0.3) is 5.69 Å². The minimum atomic E-state index is -0.281. The molecule has 0 saturated carbocycles. The van der Waals surface area contributed by atoms with Gasteiger partial charge in [-0.2, -0.15) is 4.98 Å². The Labute approximate surface area is 144 Å². The van der Waals surface area contributed by atoms with Crippen LogP contribution in [0.5, 0.6) is 0 Å². The van der Waals surface area contributed by atoms with E-state index in [0.29, 0.717) is 5.95 Å². The van der Waals surface area contributed by atoms with Crippen LogP contribution >= 0.6 is 0 Å². The number of aryl methyl sites for hydroxylation is 2. The van der Waals surface area contributed by atoms with Gasteiger partial charge >= 0.3 is 5.69 Å². The van der Waals surface area contributed by atoms with Crippen molar-refractivity contribution in [2.75, 3.05) is 11.9 Å². The number of hydrogen-bond acceptors (Lipinski definition) is 4. The molecule has 0 aliphatic carbocycles. The van der Waals surface area contributed by atoms with Crippen molar-refractivity contribution >= 4 is 5.95 Å².